The molecule has 1 saturated heterocycles. The SMILES string of the molecule is Cc1c(CC(=O)NC2CCCC2)c2cc(F)ccc2n1CCN1CCOCC1. The Morgan fingerprint density at radius 1 is 1.21 bits per heavy atom. The molecule has 1 aromatic carbocycles. The number of halogens is 1. The monoisotopic (exact) mass is 387 g/mol. The first-order chi connectivity index (χ1) is 13.6. The van der Waals surface area contributed by atoms with E-state index < -0.39 is 0 Å². The topological polar surface area (TPSA) is 46.5 Å². The first-order valence-corrected chi connectivity index (χ1v) is 10.5. The van der Waals surface area contributed by atoms with Crippen LogP contribution in [0.1, 0.15) is 36.9 Å². The first kappa shape index (κ1) is 19.4. The number of benzene rings is 1. The zero-order valence-electron chi connectivity index (χ0n) is 16.7. The summed E-state index contributed by atoms with van der Waals surface area (Å²) in [6.07, 6.45) is 4.83. The number of amides is 1. The average Bonchev–Trinajstić information content (AvgIpc) is 3.28. The standard InChI is InChI=1S/C22H30FN3O2/c1-16-19(15-22(27)24-18-4-2-3-5-18)20-14-17(23)6-7-21(20)26(16)9-8-25-10-12-28-13-11-25/h6-7,14,18H,2-5,8-13,15H2,1H3,(H,24,27). The molecule has 0 radical (unpaired) electrons. The Bertz CT molecular complexity index is 836. The van der Waals surface area contributed by atoms with E-state index in [0.29, 0.717) is 12.5 Å². The summed E-state index contributed by atoms with van der Waals surface area (Å²) in [6, 6.07) is 5.23. The molecular weight excluding hydrogens is 357 g/mol. The highest BCUT2D eigenvalue weighted by atomic mass is 19.1. The number of hydrogen-bond acceptors (Lipinski definition) is 3. The molecule has 0 unspecified atom stereocenters. The smallest absolute Gasteiger partial charge is 0.224 e. The molecule has 0 spiro atoms. The van der Waals surface area contributed by atoms with Crippen LogP contribution >= 0.6 is 0 Å². The summed E-state index contributed by atoms with van der Waals surface area (Å²) in [6.45, 7) is 7.27. The molecule has 1 aliphatic heterocycles. The fraction of sp³-hybridized carbons (Fsp3) is 0.591. The third kappa shape index (κ3) is 4.23. The highest BCUT2D eigenvalue weighted by Gasteiger charge is 2.21. The molecule has 5 nitrogen and oxygen atoms in total. The molecule has 0 bridgehead atoms. The number of morpholine rings is 1. The lowest BCUT2D eigenvalue weighted by Gasteiger charge is -2.27. The fourth-order valence-corrected chi connectivity index (χ4v) is 4.61. The maximum absolute atomic E-state index is 14.0. The van der Waals surface area contributed by atoms with E-state index in [-0.39, 0.29) is 11.7 Å². The summed E-state index contributed by atoms with van der Waals surface area (Å²) in [5, 5.41) is 4.02. The quantitative estimate of drug-likeness (QED) is 0.829. The van der Waals surface area contributed by atoms with Crippen molar-refractivity contribution in [1.82, 2.24) is 14.8 Å². The van der Waals surface area contributed by atoms with E-state index in [0.717, 1.165) is 74.4 Å². The number of aromatic nitrogens is 1. The fourth-order valence-electron chi connectivity index (χ4n) is 4.61. The molecule has 2 aliphatic rings. The molecule has 4 rings (SSSR count). The van der Waals surface area contributed by atoms with E-state index >= 15 is 0 Å². The van der Waals surface area contributed by atoms with Crippen molar-refractivity contribution in [3.63, 3.8) is 0 Å². The summed E-state index contributed by atoms with van der Waals surface area (Å²) >= 11 is 0. The van der Waals surface area contributed by atoms with Crippen LogP contribution in [0.3, 0.4) is 0 Å². The van der Waals surface area contributed by atoms with Crippen molar-refractivity contribution >= 4 is 16.8 Å². The normalized spacial score (nSPS) is 18.8. The third-order valence-corrected chi connectivity index (χ3v) is 6.22. The number of rotatable bonds is 6. The maximum atomic E-state index is 14.0. The second-order valence-electron chi connectivity index (χ2n) is 8.06. The predicted octanol–water partition coefficient (Wildman–Crippen LogP) is 3.02. The van der Waals surface area contributed by atoms with Gasteiger partial charge in [-0.1, -0.05) is 12.8 Å². The van der Waals surface area contributed by atoms with E-state index in [1.807, 2.05) is 6.07 Å². The van der Waals surface area contributed by atoms with Gasteiger partial charge in [-0.15, -0.1) is 0 Å². The summed E-state index contributed by atoms with van der Waals surface area (Å²) in [5.41, 5.74) is 3.03. The van der Waals surface area contributed by atoms with Crippen molar-refractivity contribution in [2.45, 2.75) is 51.6 Å². The highest BCUT2D eigenvalue weighted by Crippen LogP contribution is 2.28. The van der Waals surface area contributed by atoms with Gasteiger partial charge in [0, 0.05) is 48.8 Å². The lowest BCUT2D eigenvalue weighted by atomic mass is 10.1. The summed E-state index contributed by atoms with van der Waals surface area (Å²) < 4.78 is 21.6. The molecule has 152 valence electrons. The van der Waals surface area contributed by atoms with Crippen LogP contribution in [-0.2, 0) is 22.5 Å². The van der Waals surface area contributed by atoms with Crippen LogP contribution in [0.4, 0.5) is 4.39 Å². The molecule has 1 saturated carbocycles. The highest BCUT2D eigenvalue weighted by molar-refractivity contribution is 5.91. The molecule has 2 heterocycles. The zero-order valence-corrected chi connectivity index (χ0v) is 16.7. The van der Waals surface area contributed by atoms with E-state index in [1.165, 1.54) is 18.9 Å². The van der Waals surface area contributed by atoms with E-state index in [9.17, 15) is 9.18 Å². The molecule has 6 heteroatoms. The Morgan fingerprint density at radius 2 is 1.96 bits per heavy atom. The van der Waals surface area contributed by atoms with Crippen molar-refractivity contribution in [2.75, 3.05) is 32.8 Å². The average molecular weight is 387 g/mol. The van der Waals surface area contributed by atoms with Gasteiger partial charge in [0.1, 0.15) is 5.82 Å². The van der Waals surface area contributed by atoms with Gasteiger partial charge in [0.15, 0.2) is 0 Å². The number of ether oxygens (including phenoxy) is 1. The van der Waals surface area contributed by atoms with E-state index in [2.05, 4.69) is 21.7 Å². The number of fused-ring (bicyclic) bond motifs is 1. The number of carbonyl (C=O) groups is 1. The van der Waals surface area contributed by atoms with Gasteiger partial charge in [0.2, 0.25) is 5.91 Å². The van der Waals surface area contributed by atoms with Crippen LogP contribution < -0.4 is 5.32 Å². The Labute approximate surface area is 165 Å². The van der Waals surface area contributed by atoms with Crippen LogP contribution in [0.25, 0.3) is 10.9 Å². The summed E-state index contributed by atoms with van der Waals surface area (Å²) in [5.74, 6) is -0.207. The van der Waals surface area contributed by atoms with Gasteiger partial charge in [-0.25, -0.2) is 4.39 Å². The van der Waals surface area contributed by atoms with Crippen molar-refractivity contribution in [2.24, 2.45) is 0 Å². The largest absolute Gasteiger partial charge is 0.379 e. The molecular formula is C22H30FN3O2. The van der Waals surface area contributed by atoms with Gasteiger partial charge < -0.3 is 14.6 Å². The van der Waals surface area contributed by atoms with Gasteiger partial charge in [-0.2, -0.15) is 0 Å². The molecule has 0 atom stereocenters. The summed E-state index contributed by atoms with van der Waals surface area (Å²) in [4.78, 5) is 15.0. The Hall–Kier alpha value is -1.92. The molecule has 1 aliphatic carbocycles. The lowest BCUT2D eigenvalue weighted by molar-refractivity contribution is -0.121. The second-order valence-corrected chi connectivity index (χ2v) is 8.06. The Balaban J connectivity index is 1.55. The molecule has 1 amide bonds. The van der Waals surface area contributed by atoms with Gasteiger partial charge >= 0.3 is 0 Å². The van der Waals surface area contributed by atoms with Gasteiger partial charge in [0.05, 0.1) is 19.6 Å². The van der Waals surface area contributed by atoms with Crippen molar-refractivity contribution in [1.29, 1.82) is 0 Å². The second kappa shape index (κ2) is 8.62. The number of hydrogen-bond donors (Lipinski definition) is 1. The zero-order chi connectivity index (χ0) is 19.5. The van der Waals surface area contributed by atoms with Crippen LogP contribution in [0.5, 0.6) is 0 Å². The maximum Gasteiger partial charge on any atom is 0.224 e. The minimum atomic E-state index is -0.254. The molecule has 2 aromatic rings. The first-order valence-electron chi connectivity index (χ1n) is 10.5. The van der Waals surface area contributed by atoms with Crippen molar-refractivity contribution in [3.05, 3.63) is 35.3 Å². The van der Waals surface area contributed by atoms with Crippen molar-refractivity contribution < 1.29 is 13.9 Å². The van der Waals surface area contributed by atoms with Crippen molar-refractivity contribution in [3.8, 4) is 0 Å². The number of nitrogens with one attached hydrogen (secondary N) is 1. The third-order valence-electron chi connectivity index (χ3n) is 6.22. The Morgan fingerprint density at radius 3 is 2.71 bits per heavy atom. The van der Waals surface area contributed by atoms with Gasteiger partial charge in [-0.3, -0.25) is 9.69 Å². The van der Waals surface area contributed by atoms with Crippen LogP contribution in [0.15, 0.2) is 18.2 Å². The van der Waals surface area contributed by atoms with Gasteiger partial charge in [0.25, 0.3) is 0 Å². The van der Waals surface area contributed by atoms with Crippen LogP contribution in [-0.4, -0.2) is 54.3 Å². The van der Waals surface area contributed by atoms with Crippen LogP contribution in [0.2, 0.25) is 0 Å². The van der Waals surface area contributed by atoms with E-state index in [4.69, 9.17) is 4.74 Å². The van der Waals surface area contributed by atoms with E-state index in [1.54, 1.807) is 6.07 Å². The molecule has 28 heavy (non-hydrogen) atoms. The number of carbonyl (C=O) groups excluding carboxylic acids is 1. The Kier molecular flexibility index (Phi) is 5.97. The summed E-state index contributed by atoms with van der Waals surface area (Å²) in [7, 11) is 0. The molecule has 1 N–H and O–H groups in total. The molecule has 2 fully saturated rings. The minimum absolute atomic E-state index is 0.0477. The minimum Gasteiger partial charge on any atom is -0.379 e. The molecule has 1 aromatic heterocycles. The predicted molar refractivity (Wildman–Crippen MR) is 108 cm³/mol. The lowest BCUT2D eigenvalue weighted by Crippen LogP contribution is -2.38. The number of nitrogens with zero attached hydrogens (tertiary/aromatic N) is 2. The van der Waals surface area contributed by atoms with Gasteiger partial charge in [-0.05, 0) is 43.5 Å². The van der Waals surface area contributed by atoms with Crippen LogP contribution in [0, 0.1) is 12.7 Å².